The zero-order valence-corrected chi connectivity index (χ0v) is 15.1. The summed E-state index contributed by atoms with van der Waals surface area (Å²) in [5, 5.41) is 24.9. The van der Waals surface area contributed by atoms with E-state index >= 15 is 0 Å². The highest BCUT2D eigenvalue weighted by atomic mass is 32.2. The van der Waals surface area contributed by atoms with E-state index in [4.69, 9.17) is 5.14 Å². The third-order valence-electron chi connectivity index (χ3n) is 3.89. The topological polar surface area (TPSA) is 147 Å². The minimum absolute atomic E-state index is 0.0291. The SMILES string of the molecule is NS(=O)(=O)c1ccc(-c2nc(CO)cc(Nc3cc(C4CC4)[nH]n3)n2)s1. The number of aromatic nitrogens is 4. The minimum atomic E-state index is -3.78. The van der Waals surface area contributed by atoms with Crippen LogP contribution in [0.5, 0.6) is 0 Å². The van der Waals surface area contributed by atoms with E-state index in [1.165, 1.54) is 18.9 Å². The predicted molar refractivity (Wildman–Crippen MR) is 96.5 cm³/mol. The van der Waals surface area contributed by atoms with Crippen LogP contribution in [-0.2, 0) is 16.6 Å². The van der Waals surface area contributed by atoms with Crippen LogP contribution in [-0.4, -0.2) is 33.7 Å². The number of hydrogen-bond donors (Lipinski definition) is 4. The van der Waals surface area contributed by atoms with E-state index in [1.807, 2.05) is 6.07 Å². The van der Waals surface area contributed by atoms with Crippen molar-refractivity contribution in [1.29, 1.82) is 0 Å². The zero-order chi connectivity index (χ0) is 18.3. The minimum Gasteiger partial charge on any atom is -0.390 e. The summed E-state index contributed by atoms with van der Waals surface area (Å²) < 4.78 is 22.9. The number of primary sulfonamides is 1. The van der Waals surface area contributed by atoms with Gasteiger partial charge in [-0.1, -0.05) is 0 Å². The summed E-state index contributed by atoms with van der Waals surface area (Å²) in [7, 11) is -3.78. The van der Waals surface area contributed by atoms with Crippen molar-refractivity contribution in [2.75, 3.05) is 5.32 Å². The highest BCUT2D eigenvalue weighted by molar-refractivity contribution is 7.91. The van der Waals surface area contributed by atoms with Crippen LogP contribution in [0.4, 0.5) is 11.6 Å². The third kappa shape index (κ3) is 3.60. The van der Waals surface area contributed by atoms with E-state index in [9.17, 15) is 13.5 Å². The Morgan fingerprint density at radius 2 is 2.08 bits per heavy atom. The van der Waals surface area contributed by atoms with E-state index < -0.39 is 10.0 Å². The second kappa shape index (κ2) is 6.43. The maximum atomic E-state index is 11.5. The molecule has 0 atom stereocenters. The lowest BCUT2D eigenvalue weighted by Crippen LogP contribution is -2.09. The third-order valence-corrected chi connectivity index (χ3v) is 6.41. The molecule has 5 N–H and O–H groups in total. The summed E-state index contributed by atoms with van der Waals surface area (Å²) >= 11 is 0.974. The van der Waals surface area contributed by atoms with Crippen LogP contribution in [0.2, 0.25) is 0 Å². The van der Waals surface area contributed by atoms with E-state index in [2.05, 4.69) is 25.5 Å². The molecule has 0 unspecified atom stereocenters. The van der Waals surface area contributed by atoms with Gasteiger partial charge in [-0.05, 0) is 25.0 Å². The first-order chi connectivity index (χ1) is 12.4. The molecule has 26 heavy (non-hydrogen) atoms. The first-order valence-electron chi connectivity index (χ1n) is 7.86. The quantitative estimate of drug-likeness (QED) is 0.499. The summed E-state index contributed by atoms with van der Waals surface area (Å²) in [6, 6.07) is 6.54. The molecule has 1 saturated carbocycles. The summed E-state index contributed by atoms with van der Waals surface area (Å²) in [4.78, 5) is 9.18. The van der Waals surface area contributed by atoms with Crippen LogP contribution in [0.1, 0.15) is 30.1 Å². The van der Waals surface area contributed by atoms with Gasteiger partial charge in [-0.25, -0.2) is 23.5 Å². The summed E-state index contributed by atoms with van der Waals surface area (Å²) in [6.45, 7) is -0.272. The number of hydrogen-bond acceptors (Lipinski definition) is 8. The van der Waals surface area contributed by atoms with Gasteiger partial charge >= 0.3 is 0 Å². The first-order valence-corrected chi connectivity index (χ1v) is 10.2. The molecule has 1 fully saturated rings. The number of aliphatic hydroxyl groups excluding tert-OH is 1. The first kappa shape index (κ1) is 17.1. The van der Waals surface area contributed by atoms with Crippen LogP contribution in [0, 0.1) is 0 Å². The van der Waals surface area contributed by atoms with Gasteiger partial charge in [0.25, 0.3) is 0 Å². The van der Waals surface area contributed by atoms with Gasteiger partial charge in [0.15, 0.2) is 11.6 Å². The zero-order valence-electron chi connectivity index (χ0n) is 13.5. The smallest absolute Gasteiger partial charge is 0.247 e. The maximum absolute atomic E-state index is 11.5. The molecule has 11 heteroatoms. The lowest BCUT2D eigenvalue weighted by atomic mass is 10.3. The van der Waals surface area contributed by atoms with Crippen molar-refractivity contribution in [3.8, 4) is 10.7 Å². The molecule has 1 aliphatic carbocycles. The summed E-state index contributed by atoms with van der Waals surface area (Å²) in [5.74, 6) is 1.93. The van der Waals surface area contributed by atoms with Gasteiger partial charge in [0.1, 0.15) is 10.0 Å². The van der Waals surface area contributed by atoms with Gasteiger partial charge < -0.3 is 10.4 Å². The molecule has 0 bridgehead atoms. The van der Waals surface area contributed by atoms with Crippen molar-refractivity contribution in [3.63, 3.8) is 0 Å². The molecule has 9 nitrogen and oxygen atoms in total. The molecule has 0 saturated heterocycles. The van der Waals surface area contributed by atoms with Crippen LogP contribution >= 0.6 is 11.3 Å². The van der Waals surface area contributed by atoms with Gasteiger partial charge in [0.05, 0.1) is 17.2 Å². The van der Waals surface area contributed by atoms with Crippen molar-refractivity contribution in [2.24, 2.45) is 5.14 Å². The molecular formula is C15H16N6O3S2. The van der Waals surface area contributed by atoms with Crippen molar-refractivity contribution in [3.05, 3.63) is 35.7 Å². The number of thiophene rings is 1. The average molecular weight is 392 g/mol. The Bertz CT molecular complexity index is 1060. The lowest BCUT2D eigenvalue weighted by molar-refractivity contribution is 0.277. The monoisotopic (exact) mass is 392 g/mol. The number of rotatable bonds is 6. The van der Waals surface area contributed by atoms with Gasteiger partial charge in [-0.3, -0.25) is 5.10 Å². The van der Waals surface area contributed by atoms with Crippen molar-refractivity contribution < 1.29 is 13.5 Å². The number of aromatic amines is 1. The lowest BCUT2D eigenvalue weighted by Gasteiger charge is -2.06. The number of anilines is 2. The molecule has 0 aromatic carbocycles. The molecule has 0 radical (unpaired) electrons. The number of nitrogens with zero attached hydrogens (tertiary/aromatic N) is 3. The van der Waals surface area contributed by atoms with Gasteiger partial charge in [-0.2, -0.15) is 5.10 Å². The average Bonchev–Trinajstić information content (AvgIpc) is 3.13. The number of nitrogens with one attached hydrogen (secondary N) is 2. The Hall–Kier alpha value is -2.34. The molecule has 3 heterocycles. The molecule has 0 amide bonds. The molecule has 0 aliphatic heterocycles. The Morgan fingerprint density at radius 1 is 1.27 bits per heavy atom. The van der Waals surface area contributed by atoms with Crippen molar-refractivity contribution >= 4 is 33.0 Å². The molecule has 0 spiro atoms. The van der Waals surface area contributed by atoms with E-state index in [0.717, 1.165) is 17.0 Å². The second-order valence-electron chi connectivity index (χ2n) is 6.00. The highest BCUT2D eigenvalue weighted by Crippen LogP contribution is 2.39. The predicted octanol–water partition coefficient (Wildman–Crippen LogP) is 1.69. The standard InChI is InChI=1S/C15H16N6O3S2/c16-26(23,24)14-4-3-11(25-14)15-17-9(7-22)5-12(19-15)18-13-6-10(20-21-13)8-1-2-8/h3-6,8,22H,1-2,7H2,(H2,16,23,24)(H2,17,18,19,20,21). The van der Waals surface area contributed by atoms with Gasteiger partial charge in [0.2, 0.25) is 10.0 Å². The van der Waals surface area contributed by atoms with Crippen LogP contribution < -0.4 is 10.5 Å². The Balaban J connectivity index is 1.65. The van der Waals surface area contributed by atoms with Crippen molar-refractivity contribution in [1.82, 2.24) is 20.2 Å². The van der Waals surface area contributed by atoms with Gasteiger partial charge in [-0.15, -0.1) is 11.3 Å². The number of H-pyrrole nitrogens is 1. The van der Waals surface area contributed by atoms with E-state index in [1.54, 1.807) is 12.1 Å². The normalized spacial score (nSPS) is 14.5. The van der Waals surface area contributed by atoms with E-state index in [-0.39, 0.29) is 10.8 Å². The molecular weight excluding hydrogens is 376 g/mol. The molecule has 1 aliphatic rings. The number of sulfonamides is 1. The van der Waals surface area contributed by atoms with Crippen molar-refractivity contribution in [2.45, 2.75) is 29.6 Å². The van der Waals surface area contributed by atoms with Crippen LogP contribution in [0.25, 0.3) is 10.7 Å². The Morgan fingerprint density at radius 3 is 2.73 bits per heavy atom. The fourth-order valence-electron chi connectivity index (χ4n) is 2.48. The molecule has 136 valence electrons. The summed E-state index contributed by atoms with van der Waals surface area (Å²) in [5.41, 5.74) is 1.49. The molecule has 4 rings (SSSR count). The summed E-state index contributed by atoms with van der Waals surface area (Å²) in [6.07, 6.45) is 2.33. The Labute approximate surface area is 153 Å². The van der Waals surface area contributed by atoms with Crippen LogP contribution in [0.15, 0.2) is 28.5 Å². The second-order valence-corrected chi connectivity index (χ2v) is 8.87. The molecule has 3 aromatic rings. The number of nitrogens with two attached hydrogens (primary N) is 1. The molecule has 3 aromatic heterocycles. The maximum Gasteiger partial charge on any atom is 0.247 e. The van der Waals surface area contributed by atoms with Gasteiger partial charge in [0, 0.05) is 23.7 Å². The Kier molecular flexibility index (Phi) is 4.23. The number of aliphatic hydroxyl groups is 1. The fraction of sp³-hybridized carbons (Fsp3) is 0.267. The largest absolute Gasteiger partial charge is 0.390 e. The fourth-order valence-corrected chi connectivity index (χ4v) is 4.14. The van der Waals surface area contributed by atoms with Crippen LogP contribution in [0.3, 0.4) is 0 Å². The van der Waals surface area contributed by atoms with E-state index in [0.29, 0.717) is 33.9 Å². The highest BCUT2D eigenvalue weighted by Gasteiger charge is 2.25.